The number of nitrogens with zero attached hydrogens (tertiary/aromatic N) is 1. The van der Waals surface area contributed by atoms with Crippen molar-refractivity contribution in [3.05, 3.63) is 88.0 Å². The van der Waals surface area contributed by atoms with Crippen molar-refractivity contribution >= 4 is 34.8 Å². The zero-order valence-electron chi connectivity index (χ0n) is 16.6. The molecule has 30 heavy (non-hydrogen) atoms. The third kappa shape index (κ3) is 5.64. The first-order valence-corrected chi connectivity index (χ1v) is 9.74. The van der Waals surface area contributed by atoms with Crippen molar-refractivity contribution in [1.82, 2.24) is 4.98 Å². The van der Waals surface area contributed by atoms with Gasteiger partial charge >= 0.3 is 0 Å². The molecule has 3 rings (SSSR count). The lowest BCUT2D eigenvalue weighted by atomic mass is 10.1. The normalized spacial score (nSPS) is 10.5. The van der Waals surface area contributed by atoms with E-state index in [4.69, 9.17) is 11.6 Å². The molecule has 5 nitrogen and oxygen atoms in total. The Morgan fingerprint density at radius 3 is 2.53 bits per heavy atom. The van der Waals surface area contributed by atoms with Gasteiger partial charge < -0.3 is 10.6 Å². The summed E-state index contributed by atoms with van der Waals surface area (Å²) in [7, 11) is 0. The Balaban J connectivity index is 1.62. The predicted molar refractivity (Wildman–Crippen MR) is 116 cm³/mol. The first-order valence-electron chi connectivity index (χ1n) is 9.36. The summed E-state index contributed by atoms with van der Waals surface area (Å²) in [5, 5.41) is 5.53. The Morgan fingerprint density at radius 1 is 1.00 bits per heavy atom. The fourth-order valence-corrected chi connectivity index (χ4v) is 3.22. The van der Waals surface area contributed by atoms with Crippen LogP contribution in [0.1, 0.15) is 22.4 Å². The number of nitrogens with one attached hydrogen (secondary N) is 2. The molecule has 3 aromatic rings. The van der Waals surface area contributed by atoms with Crippen LogP contribution in [0.5, 0.6) is 0 Å². The van der Waals surface area contributed by atoms with Crippen molar-refractivity contribution < 1.29 is 14.0 Å². The Kier molecular flexibility index (Phi) is 6.79. The predicted octanol–water partition coefficient (Wildman–Crippen LogP) is 4.85. The van der Waals surface area contributed by atoms with Gasteiger partial charge in [-0.2, -0.15) is 0 Å². The fraction of sp³-hybridized carbons (Fsp3) is 0.174. The molecule has 0 atom stereocenters. The molecule has 0 aliphatic carbocycles. The molecule has 0 bridgehead atoms. The average molecular weight is 426 g/mol. The summed E-state index contributed by atoms with van der Waals surface area (Å²) in [6.45, 7) is 3.92. The van der Waals surface area contributed by atoms with Gasteiger partial charge in [0.15, 0.2) is 0 Å². The largest absolute Gasteiger partial charge is 0.326 e. The van der Waals surface area contributed by atoms with E-state index in [0.29, 0.717) is 16.9 Å². The van der Waals surface area contributed by atoms with Crippen molar-refractivity contribution in [2.45, 2.75) is 26.7 Å². The van der Waals surface area contributed by atoms with Crippen LogP contribution < -0.4 is 10.6 Å². The molecule has 0 saturated carbocycles. The van der Waals surface area contributed by atoms with E-state index in [1.807, 2.05) is 32.0 Å². The molecule has 0 saturated heterocycles. The molecule has 2 amide bonds. The SMILES string of the molecule is Cc1ccc(NC(=O)Cc2cc(NC(=O)Cc3cccc(F)c3Cl)ccn2)c(C)c1. The molecule has 7 heteroatoms. The van der Waals surface area contributed by atoms with Crippen LogP contribution in [0.15, 0.2) is 54.7 Å². The lowest BCUT2D eigenvalue weighted by Crippen LogP contribution is -2.17. The molecule has 0 aliphatic rings. The van der Waals surface area contributed by atoms with Gasteiger partial charge in [-0.1, -0.05) is 41.4 Å². The minimum absolute atomic E-state index is 0.0623. The van der Waals surface area contributed by atoms with Crippen molar-refractivity contribution in [2.24, 2.45) is 0 Å². The number of carbonyl (C=O) groups excluding carboxylic acids is 2. The maximum absolute atomic E-state index is 13.5. The molecule has 0 spiro atoms. The third-order valence-corrected chi connectivity index (χ3v) is 4.90. The van der Waals surface area contributed by atoms with Gasteiger partial charge in [-0.15, -0.1) is 0 Å². The lowest BCUT2D eigenvalue weighted by molar-refractivity contribution is -0.116. The lowest BCUT2D eigenvalue weighted by Gasteiger charge is -2.10. The zero-order valence-corrected chi connectivity index (χ0v) is 17.4. The monoisotopic (exact) mass is 425 g/mol. The molecular formula is C23H21ClFN3O2. The molecule has 1 aromatic heterocycles. The zero-order chi connectivity index (χ0) is 21.7. The molecule has 0 aliphatic heterocycles. The van der Waals surface area contributed by atoms with Crippen LogP contribution in [0.2, 0.25) is 5.02 Å². The summed E-state index contributed by atoms with van der Waals surface area (Å²) >= 11 is 5.90. The summed E-state index contributed by atoms with van der Waals surface area (Å²) in [6, 6.07) is 13.4. The number of rotatable bonds is 6. The first-order chi connectivity index (χ1) is 14.3. The second-order valence-electron chi connectivity index (χ2n) is 7.02. The van der Waals surface area contributed by atoms with Gasteiger partial charge in [0.2, 0.25) is 11.8 Å². The summed E-state index contributed by atoms with van der Waals surface area (Å²) in [4.78, 5) is 28.9. The van der Waals surface area contributed by atoms with Gasteiger partial charge in [-0.05, 0) is 49.2 Å². The summed E-state index contributed by atoms with van der Waals surface area (Å²) in [6.07, 6.45) is 1.51. The van der Waals surface area contributed by atoms with E-state index in [9.17, 15) is 14.0 Å². The van der Waals surface area contributed by atoms with Gasteiger partial charge in [-0.3, -0.25) is 14.6 Å². The quantitative estimate of drug-likeness (QED) is 0.592. The number of hydrogen-bond donors (Lipinski definition) is 2. The number of pyridine rings is 1. The van der Waals surface area contributed by atoms with Gasteiger partial charge in [0.1, 0.15) is 5.82 Å². The van der Waals surface area contributed by atoms with Crippen LogP contribution in [0, 0.1) is 19.7 Å². The number of carbonyl (C=O) groups is 2. The Bertz CT molecular complexity index is 1100. The van der Waals surface area contributed by atoms with Crippen LogP contribution >= 0.6 is 11.6 Å². The van der Waals surface area contributed by atoms with Crippen LogP contribution in [-0.4, -0.2) is 16.8 Å². The van der Waals surface area contributed by atoms with E-state index in [1.165, 1.54) is 18.3 Å². The number of hydrogen-bond acceptors (Lipinski definition) is 3. The van der Waals surface area contributed by atoms with E-state index in [-0.39, 0.29) is 29.7 Å². The average Bonchev–Trinajstić information content (AvgIpc) is 2.68. The smallest absolute Gasteiger partial charge is 0.230 e. The number of benzene rings is 2. The van der Waals surface area contributed by atoms with E-state index in [1.54, 1.807) is 18.2 Å². The molecule has 1 heterocycles. The fourth-order valence-electron chi connectivity index (χ4n) is 3.03. The summed E-state index contributed by atoms with van der Waals surface area (Å²) in [5.41, 5.74) is 4.26. The van der Waals surface area contributed by atoms with E-state index in [2.05, 4.69) is 15.6 Å². The molecule has 2 N–H and O–H groups in total. The van der Waals surface area contributed by atoms with E-state index < -0.39 is 5.82 Å². The summed E-state index contributed by atoms with van der Waals surface area (Å²) < 4.78 is 13.5. The van der Waals surface area contributed by atoms with Crippen molar-refractivity contribution in [1.29, 1.82) is 0 Å². The van der Waals surface area contributed by atoms with Crippen LogP contribution in [0.4, 0.5) is 15.8 Å². The minimum Gasteiger partial charge on any atom is -0.326 e. The highest BCUT2D eigenvalue weighted by Gasteiger charge is 2.12. The molecule has 0 unspecified atom stereocenters. The second kappa shape index (κ2) is 9.50. The maximum Gasteiger partial charge on any atom is 0.230 e. The number of anilines is 2. The third-order valence-electron chi connectivity index (χ3n) is 4.48. The van der Waals surface area contributed by atoms with Crippen molar-refractivity contribution in [2.75, 3.05) is 10.6 Å². The summed E-state index contributed by atoms with van der Waals surface area (Å²) in [5.74, 6) is -1.12. The van der Waals surface area contributed by atoms with Crippen LogP contribution in [-0.2, 0) is 22.4 Å². The second-order valence-corrected chi connectivity index (χ2v) is 7.40. The standard InChI is InChI=1S/C23H21ClFN3O2/c1-14-6-7-20(15(2)10-14)28-22(30)13-18-12-17(8-9-26-18)27-21(29)11-16-4-3-5-19(25)23(16)24/h3-10,12H,11,13H2,1-2H3,(H,28,30)(H,26,27,29). The molecule has 0 radical (unpaired) electrons. The molecule has 154 valence electrons. The van der Waals surface area contributed by atoms with Crippen molar-refractivity contribution in [3.63, 3.8) is 0 Å². The first kappa shape index (κ1) is 21.5. The maximum atomic E-state index is 13.5. The highest BCUT2D eigenvalue weighted by Crippen LogP contribution is 2.21. The highest BCUT2D eigenvalue weighted by molar-refractivity contribution is 6.31. The van der Waals surface area contributed by atoms with Gasteiger partial charge in [0.05, 0.1) is 23.6 Å². The topological polar surface area (TPSA) is 71.1 Å². The minimum atomic E-state index is -0.567. The number of halogens is 2. The molecule has 0 fully saturated rings. The van der Waals surface area contributed by atoms with Crippen molar-refractivity contribution in [3.8, 4) is 0 Å². The van der Waals surface area contributed by atoms with Crippen LogP contribution in [0.3, 0.4) is 0 Å². The Morgan fingerprint density at radius 2 is 1.77 bits per heavy atom. The van der Waals surface area contributed by atoms with Gasteiger partial charge in [0, 0.05) is 17.6 Å². The van der Waals surface area contributed by atoms with Crippen LogP contribution in [0.25, 0.3) is 0 Å². The number of aromatic nitrogens is 1. The molecular weight excluding hydrogens is 405 g/mol. The number of aryl methyl sites for hydroxylation is 2. The number of amides is 2. The van der Waals surface area contributed by atoms with E-state index >= 15 is 0 Å². The van der Waals surface area contributed by atoms with E-state index in [0.717, 1.165) is 16.8 Å². The van der Waals surface area contributed by atoms with Gasteiger partial charge in [0.25, 0.3) is 0 Å². The Labute approximate surface area is 179 Å². The van der Waals surface area contributed by atoms with Gasteiger partial charge in [-0.25, -0.2) is 4.39 Å². The Hall–Kier alpha value is -3.25. The highest BCUT2D eigenvalue weighted by atomic mass is 35.5. The molecule has 2 aromatic carbocycles.